The van der Waals surface area contributed by atoms with Crippen LogP contribution in [0.2, 0.25) is 0 Å². The summed E-state index contributed by atoms with van der Waals surface area (Å²) in [6.07, 6.45) is -1.49. The van der Waals surface area contributed by atoms with Gasteiger partial charge in [0.2, 0.25) is 0 Å². The van der Waals surface area contributed by atoms with Gasteiger partial charge in [-0.25, -0.2) is 9.59 Å². The van der Waals surface area contributed by atoms with E-state index in [1.807, 2.05) is 12.1 Å². The highest BCUT2D eigenvalue weighted by molar-refractivity contribution is 9.11. The van der Waals surface area contributed by atoms with E-state index in [0.717, 1.165) is 14.5 Å². The summed E-state index contributed by atoms with van der Waals surface area (Å²) in [5, 5.41) is 5.18. The number of benzene rings is 1. The third-order valence-electron chi connectivity index (χ3n) is 3.23. The van der Waals surface area contributed by atoms with Gasteiger partial charge in [-0.15, -0.1) is 0 Å². The Morgan fingerprint density at radius 3 is 2.27 bits per heavy atom. The van der Waals surface area contributed by atoms with Gasteiger partial charge in [-0.2, -0.15) is 0 Å². The minimum absolute atomic E-state index is 0.245. The molecule has 0 aromatic heterocycles. The fourth-order valence-electron chi connectivity index (χ4n) is 2.18. The lowest BCUT2D eigenvalue weighted by Crippen LogP contribution is -2.22. The third kappa shape index (κ3) is 3.30. The highest BCUT2D eigenvalue weighted by Crippen LogP contribution is 2.37. The molecular weight excluding hydrogens is 424 g/mol. The second-order valence-corrected chi connectivity index (χ2v) is 6.52. The molecular formula is C13H12Br2N2O5. The molecule has 1 aromatic carbocycles. The van der Waals surface area contributed by atoms with Gasteiger partial charge in [0, 0.05) is 0 Å². The van der Waals surface area contributed by atoms with Crippen LogP contribution in [0.3, 0.4) is 0 Å². The van der Waals surface area contributed by atoms with Crippen LogP contribution in [-0.4, -0.2) is 38.0 Å². The van der Waals surface area contributed by atoms with Crippen LogP contribution in [0.4, 0.5) is 9.59 Å². The molecule has 2 amide bonds. The quantitative estimate of drug-likeness (QED) is 0.758. The summed E-state index contributed by atoms with van der Waals surface area (Å²) in [7, 11) is 0. The van der Waals surface area contributed by atoms with E-state index in [2.05, 4.69) is 42.5 Å². The Balaban J connectivity index is 1.69. The van der Waals surface area contributed by atoms with E-state index in [-0.39, 0.29) is 18.8 Å². The molecule has 0 unspecified atom stereocenters. The summed E-state index contributed by atoms with van der Waals surface area (Å²) in [5.74, 6) is 0.601. The van der Waals surface area contributed by atoms with Crippen molar-refractivity contribution < 1.29 is 23.8 Å². The van der Waals surface area contributed by atoms with Gasteiger partial charge in [0.15, 0.2) is 6.10 Å². The zero-order valence-corrected chi connectivity index (χ0v) is 14.4. The highest BCUT2D eigenvalue weighted by Gasteiger charge is 2.27. The second-order valence-electron chi connectivity index (χ2n) is 4.81. The van der Waals surface area contributed by atoms with Gasteiger partial charge in [0.25, 0.3) is 0 Å². The standard InChI is InChI=1S/C13H12Br2N2O5/c14-8-1-6(10-4-17-13(19)22-10)2-9(15)11(8)20-5-7-3-16-12(18)21-7/h1-2,7,10H,3-5H2,(H,16,18)(H,17,19)/t7-,10-/m1/s1. The summed E-state index contributed by atoms with van der Waals surface area (Å²) in [5.41, 5.74) is 0.846. The summed E-state index contributed by atoms with van der Waals surface area (Å²) < 4.78 is 17.3. The molecule has 7 nitrogen and oxygen atoms in total. The van der Waals surface area contributed by atoms with Crippen molar-refractivity contribution in [2.45, 2.75) is 12.2 Å². The van der Waals surface area contributed by atoms with Crippen LogP contribution in [0.15, 0.2) is 21.1 Å². The Labute approximate surface area is 142 Å². The van der Waals surface area contributed by atoms with E-state index in [1.54, 1.807) is 0 Å². The molecule has 0 saturated carbocycles. The highest BCUT2D eigenvalue weighted by atomic mass is 79.9. The van der Waals surface area contributed by atoms with Crippen molar-refractivity contribution in [2.75, 3.05) is 19.7 Å². The van der Waals surface area contributed by atoms with Gasteiger partial charge in [0.05, 0.1) is 22.0 Å². The lowest BCUT2D eigenvalue weighted by atomic mass is 10.1. The van der Waals surface area contributed by atoms with Crippen molar-refractivity contribution >= 4 is 44.0 Å². The summed E-state index contributed by atoms with van der Waals surface area (Å²) in [4.78, 5) is 22.1. The van der Waals surface area contributed by atoms with Crippen molar-refractivity contribution in [2.24, 2.45) is 0 Å². The van der Waals surface area contributed by atoms with Crippen LogP contribution in [-0.2, 0) is 9.47 Å². The molecule has 2 atom stereocenters. The average molecular weight is 436 g/mol. The number of alkyl carbamates (subject to hydrolysis) is 2. The van der Waals surface area contributed by atoms with E-state index in [0.29, 0.717) is 18.8 Å². The molecule has 118 valence electrons. The first-order valence-corrected chi connectivity index (χ1v) is 8.12. The second kappa shape index (κ2) is 6.33. The molecule has 2 saturated heterocycles. The molecule has 2 N–H and O–H groups in total. The molecule has 0 aliphatic carbocycles. The van der Waals surface area contributed by atoms with Gasteiger partial charge in [0.1, 0.15) is 18.5 Å². The average Bonchev–Trinajstić information content (AvgIpc) is 3.06. The van der Waals surface area contributed by atoms with Crippen molar-refractivity contribution in [1.82, 2.24) is 10.6 Å². The Morgan fingerprint density at radius 2 is 1.73 bits per heavy atom. The number of hydrogen-bond acceptors (Lipinski definition) is 5. The molecule has 22 heavy (non-hydrogen) atoms. The summed E-state index contributed by atoms with van der Waals surface area (Å²) >= 11 is 6.88. The normalized spacial score (nSPS) is 23.5. The zero-order chi connectivity index (χ0) is 15.7. The van der Waals surface area contributed by atoms with Crippen LogP contribution >= 0.6 is 31.9 Å². The molecule has 2 aliphatic rings. The van der Waals surface area contributed by atoms with Crippen LogP contribution in [0.25, 0.3) is 0 Å². The van der Waals surface area contributed by atoms with Crippen molar-refractivity contribution in [3.8, 4) is 5.75 Å². The maximum absolute atomic E-state index is 11.1. The first-order chi connectivity index (χ1) is 10.5. The number of amides is 2. The predicted molar refractivity (Wildman–Crippen MR) is 82.8 cm³/mol. The van der Waals surface area contributed by atoms with E-state index in [1.165, 1.54) is 0 Å². The smallest absolute Gasteiger partial charge is 0.407 e. The minimum atomic E-state index is -0.433. The molecule has 2 heterocycles. The molecule has 0 radical (unpaired) electrons. The summed E-state index contributed by atoms with van der Waals surface area (Å²) in [6, 6.07) is 3.67. The van der Waals surface area contributed by atoms with Gasteiger partial charge in [-0.3, -0.25) is 0 Å². The minimum Gasteiger partial charge on any atom is -0.487 e. The topological polar surface area (TPSA) is 85.9 Å². The van der Waals surface area contributed by atoms with E-state index >= 15 is 0 Å². The number of rotatable bonds is 4. The van der Waals surface area contributed by atoms with Gasteiger partial charge >= 0.3 is 12.2 Å². The Morgan fingerprint density at radius 1 is 1.09 bits per heavy atom. The Kier molecular flexibility index (Phi) is 4.44. The number of carbonyl (C=O) groups is 2. The number of nitrogens with one attached hydrogen (secondary N) is 2. The van der Waals surface area contributed by atoms with E-state index < -0.39 is 12.2 Å². The maximum atomic E-state index is 11.1. The Hall–Kier alpha value is -1.48. The van der Waals surface area contributed by atoms with Crippen LogP contribution in [0.5, 0.6) is 5.75 Å². The first kappa shape index (κ1) is 15.4. The largest absolute Gasteiger partial charge is 0.487 e. The van der Waals surface area contributed by atoms with Crippen LogP contribution in [0.1, 0.15) is 11.7 Å². The first-order valence-electron chi connectivity index (χ1n) is 6.53. The molecule has 9 heteroatoms. The SMILES string of the molecule is O=C1NC[C@H](COc2c(Br)cc([C@H]3CNC(=O)O3)cc2Br)O1. The van der Waals surface area contributed by atoms with Crippen molar-refractivity contribution in [3.05, 3.63) is 26.6 Å². The van der Waals surface area contributed by atoms with Crippen LogP contribution < -0.4 is 15.4 Å². The monoisotopic (exact) mass is 434 g/mol. The van der Waals surface area contributed by atoms with Crippen molar-refractivity contribution in [3.63, 3.8) is 0 Å². The van der Waals surface area contributed by atoms with E-state index in [4.69, 9.17) is 14.2 Å². The predicted octanol–water partition coefficient (Wildman–Crippen LogP) is 2.48. The number of hydrogen-bond donors (Lipinski definition) is 2. The molecule has 0 spiro atoms. The molecule has 0 bridgehead atoms. The molecule has 2 fully saturated rings. The number of carbonyl (C=O) groups excluding carboxylic acids is 2. The number of cyclic esters (lactones) is 2. The fourth-order valence-corrected chi connectivity index (χ4v) is 3.63. The number of ether oxygens (including phenoxy) is 3. The zero-order valence-electron chi connectivity index (χ0n) is 11.2. The van der Waals surface area contributed by atoms with E-state index in [9.17, 15) is 9.59 Å². The van der Waals surface area contributed by atoms with Crippen molar-refractivity contribution in [1.29, 1.82) is 0 Å². The molecule has 2 aliphatic heterocycles. The lowest BCUT2D eigenvalue weighted by molar-refractivity contribution is 0.104. The van der Waals surface area contributed by atoms with Gasteiger partial charge in [-0.05, 0) is 49.6 Å². The number of halogens is 2. The van der Waals surface area contributed by atoms with Gasteiger partial charge < -0.3 is 24.8 Å². The van der Waals surface area contributed by atoms with Crippen LogP contribution in [0, 0.1) is 0 Å². The summed E-state index contributed by atoms with van der Waals surface area (Å²) in [6.45, 7) is 1.10. The van der Waals surface area contributed by atoms with Gasteiger partial charge in [-0.1, -0.05) is 0 Å². The maximum Gasteiger partial charge on any atom is 0.407 e. The molecule has 3 rings (SSSR count). The fraction of sp³-hybridized carbons (Fsp3) is 0.385. The Bertz CT molecular complexity index is 601. The molecule has 1 aromatic rings. The third-order valence-corrected chi connectivity index (χ3v) is 4.41. The lowest BCUT2D eigenvalue weighted by Gasteiger charge is -2.16.